The summed E-state index contributed by atoms with van der Waals surface area (Å²) in [6.07, 6.45) is -8.76. The van der Waals surface area contributed by atoms with Crippen LogP contribution in [-0.4, -0.2) is 52.1 Å². The molecule has 0 atom stereocenters. The van der Waals surface area contributed by atoms with Gasteiger partial charge in [-0.15, -0.1) is 0 Å². The summed E-state index contributed by atoms with van der Waals surface area (Å²) < 4.78 is 77.8. The molecule has 0 aromatic carbocycles. The molecule has 0 spiro atoms. The van der Waals surface area contributed by atoms with Crippen LogP contribution >= 0.6 is 11.6 Å². The van der Waals surface area contributed by atoms with Gasteiger partial charge >= 0.3 is 12.4 Å². The number of Topliss-reactive ketones (excluding diaryl/α,β-unsaturated/α-hetero) is 1. The van der Waals surface area contributed by atoms with Crippen molar-refractivity contribution in [1.29, 1.82) is 5.26 Å². The van der Waals surface area contributed by atoms with Crippen molar-refractivity contribution in [2.45, 2.75) is 12.4 Å². The fraction of sp³-hybridized carbons (Fsp3) is 0.267. The smallest absolute Gasteiger partial charge is 0.369 e. The van der Waals surface area contributed by atoms with Crippen molar-refractivity contribution >= 4 is 29.5 Å². The number of nitriles is 1. The van der Waals surface area contributed by atoms with Crippen molar-refractivity contribution in [2.24, 2.45) is 4.99 Å². The number of ketones is 1. The van der Waals surface area contributed by atoms with Gasteiger partial charge in [0, 0.05) is 20.3 Å². The largest absolute Gasteiger partial charge is 0.455 e. The molecule has 2 rings (SSSR count). The fourth-order valence-corrected chi connectivity index (χ4v) is 2.26. The molecule has 29 heavy (non-hydrogen) atoms. The molecule has 0 bridgehead atoms. The normalized spacial score (nSPS) is 12.3. The van der Waals surface area contributed by atoms with Gasteiger partial charge in [0.15, 0.2) is 17.3 Å². The first-order valence-corrected chi connectivity index (χ1v) is 7.73. The van der Waals surface area contributed by atoms with Crippen LogP contribution in [0.1, 0.15) is 21.6 Å². The number of rotatable bonds is 4. The maximum atomic E-state index is 13.0. The van der Waals surface area contributed by atoms with Gasteiger partial charge in [0.25, 0.3) is 5.78 Å². The van der Waals surface area contributed by atoms with Crippen LogP contribution in [0, 0.1) is 11.3 Å². The highest BCUT2D eigenvalue weighted by Gasteiger charge is 2.44. The van der Waals surface area contributed by atoms with Crippen molar-refractivity contribution in [3.63, 3.8) is 0 Å². The van der Waals surface area contributed by atoms with Crippen LogP contribution in [0.25, 0.3) is 5.82 Å². The molecule has 0 aliphatic carbocycles. The zero-order valence-electron chi connectivity index (χ0n) is 14.5. The summed E-state index contributed by atoms with van der Waals surface area (Å²) in [7, 11) is 2.92. The van der Waals surface area contributed by atoms with Crippen molar-refractivity contribution in [3.8, 4) is 11.9 Å². The molecule has 7 nitrogen and oxygen atoms in total. The maximum absolute atomic E-state index is 13.0. The number of pyridine rings is 1. The molecular weight excluding hydrogens is 430 g/mol. The number of aromatic nitrogens is 3. The second-order valence-electron chi connectivity index (χ2n) is 5.63. The Hall–Kier alpha value is -3.14. The molecule has 2 heterocycles. The Kier molecular flexibility index (Phi) is 5.89. The molecule has 154 valence electrons. The maximum Gasteiger partial charge on any atom is 0.455 e. The van der Waals surface area contributed by atoms with E-state index in [1.807, 2.05) is 0 Å². The Labute approximate surface area is 163 Å². The summed E-state index contributed by atoms with van der Waals surface area (Å²) in [6, 6.07) is 1.81. The lowest BCUT2D eigenvalue weighted by atomic mass is 10.1. The summed E-state index contributed by atoms with van der Waals surface area (Å²) >= 11 is 5.80. The molecule has 0 radical (unpaired) electrons. The van der Waals surface area contributed by atoms with E-state index in [4.69, 9.17) is 16.9 Å². The number of carbonyl (C=O) groups excluding carboxylic acids is 1. The molecule has 0 saturated carbocycles. The highest BCUT2D eigenvalue weighted by Crippen LogP contribution is 2.35. The first kappa shape index (κ1) is 22.2. The van der Waals surface area contributed by atoms with Crippen LogP contribution in [0.5, 0.6) is 0 Å². The van der Waals surface area contributed by atoms with E-state index in [-0.39, 0.29) is 0 Å². The third-order valence-electron chi connectivity index (χ3n) is 3.21. The fourth-order valence-electron chi connectivity index (χ4n) is 2.02. The lowest BCUT2D eigenvalue weighted by Crippen LogP contribution is -2.23. The quantitative estimate of drug-likeness (QED) is 0.314. The minimum absolute atomic E-state index is 0.375. The number of halogens is 7. The molecule has 0 amide bonds. The Balaban J connectivity index is 2.81. The van der Waals surface area contributed by atoms with Crippen LogP contribution in [0.15, 0.2) is 17.3 Å². The minimum Gasteiger partial charge on any atom is -0.369 e. The lowest BCUT2D eigenvalue weighted by Gasteiger charge is -2.11. The standard InChI is InChI=1S/C15H9ClF6N6O/c1-27(2)6-25-13-10(11(29)15(20,21)22)9(4-23)26-28(13)12-8(16)3-7(5-24-12)14(17,18)19/h3,5-6H,1-2H3/b25-6-. The molecule has 0 aliphatic heterocycles. The summed E-state index contributed by atoms with van der Waals surface area (Å²) in [5.41, 5.74) is -3.35. The molecule has 0 unspecified atom stereocenters. The van der Waals surface area contributed by atoms with Gasteiger partial charge in [0.1, 0.15) is 11.6 Å². The topological polar surface area (TPSA) is 87.2 Å². The zero-order chi connectivity index (χ0) is 22.1. The summed E-state index contributed by atoms with van der Waals surface area (Å²) in [5.74, 6) is -3.73. The molecule has 0 N–H and O–H groups in total. The third-order valence-corrected chi connectivity index (χ3v) is 3.49. The average Bonchev–Trinajstić information content (AvgIpc) is 2.95. The molecule has 14 heteroatoms. The van der Waals surface area contributed by atoms with E-state index in [0.29, 0.717) is 16.9 Å². The van der Waals surface area contributed by atoms with Crippen molar-refractivity contribution in [3.05, 3.63) is 34.1 Å². The predicted molar refractivity (Wildman–Crippen MR) is 88.3 cm³/mol. The van der Waals surface area contributed by atoms with Crippen molar-refractivity contribution in [2.75, 3.05) is 14.1 Å². The number of alkyl halides is 6. The minimum atomic E-state index is -5.36. The number of carbonyl (C=O) groups is 1. The van der Waals surface area contributed by atoms with E-state index < -0.39 is 51.6 Å². The second kappa shape index (κ2) is 7.70. The monoisotopic (exact) mass is 438 g/mol. The number of aliphatic imine (C=N–C) groups is 1. The van der Waals surface area contributed by atoms with Crippen molar-refractivity contribution < 1.29 is 31.1 Å². The Morgan fingerprint density at radius 3 is 2.38 bits per heavy atom. The highest BCUT2D eigenvalue weighted by molar-refractivity contribution is 6.32. The van der Waals surface area contributed by atoms with Gasteiger partial charge in [-0.05, 0) is 6.07 Å². The Morgan fingerprint density at radius 1 is 1.31 bits per heavy atom. The number of hydrogen-bond donors (Lipinski definition) is 0. The summed E-state index contributed by atoms with van der Waals surface area (Å²) in [6.45, 7) is 0. The van der Waals surface area contributed by atoms with Gasteiger partial charge in [-0.1, -0.05) is 11.6 Å². The van der Waals surface area contributed by atoms with Crippen molar-refractivity contribution in [1.82, 2.24) is 19.7 Å². The van der Waals surface area contributed by atoms with Crippen LogP contribution < -0.4 is 0 Å². The van der Waals surface area contributed by atoms with Crippen LogP contribution in [0.4, 0.5) is 32.2 Å². The van der Waals surface area contributed by atoms with E-state index in [0.717, 1.165) is 6.34 Å². The van der Waals surface area contributed by atoms with Crippen LogP contribution in [-0.2, 0) is 6.18 Å². The molecule has 2 aromatic rings. The zero-order valence-corrected chi connectivity index (χ0v) is 15.2. The summed E-state index contributed by atoms with van der Waals surface area (Å²) in [5, 5.41) is 12.0. The van der Waals surface area contributed by atoms with Gasteiger partial charge in [0.05, 0.1) is 16.9 Å². The second-order valence-corrected chi connectivity index (χ2v) is 6.04. The molecular formula is C15H9ClF6N6O. The highest BCUT2D eigenvalue weighted by atomic mass is 35.5. The predicted octanol–water partition coefficient (Wildman–Crippen LogP) is 3.78. The van der Waals surface area contributed by atoms with E-state index in [2.05, 4.69) is 15.1 Å². The number of nitrogens with zero attached hydrogens (tertiary/aromatic N) is 6. The summed E-state index contributed by atoms with van der Waals surface area (Å²) in [4.78, 5) is 20.3. The first-order valence-electron chi connectivity index (χ1n) is 7.35. The molecule has 0 saturated heterocycles. The van der Waals surface area contributed by atoms with Crippen LogP contribution in [0.3, 0.4) is 0 Å². The van der Waals surface area contributed by atoms with E-state index >= 15 is 0 Å². The van der Waals surface area contributed by atoms with Gasteiger partial charge in [-0.3, -0.25) is 4.79 Å². The molecule has 2 aromatic heterocycles. The first-order chi connectivity index (χ1) is 13.3. The van der Waals surface area contributed by atoms with E-state index in [1.54, 1.807) is 0 Å². The molecule has 0 fully saturated rings. The Bertz CT molecular complexity index is 1020. The van der Waals surface area contributed by atoms with Gasteiger partial charge < -0.3 is 4.90 Å². The van der Waals surface area contributed by atoms with Gasteiger partial charge in [0.2, 0.25) is 0 Å². The average molecular weight is 439 g/mol. The Morgan fingerprint density at radius 2 is 1.93 bits per heavy atom. The number of hydrogen-bond acceptors (Lipinski definition) is 5. The third kappa shape index (κ3) is 4.65. The van der Waals surface area contributed by atoms with Gasteiger partial charge in [-0.25, -0.2) is 9.98 Å². The SMILES string of the molecule is CN(C)/C=N\c1c(C(=O)C(F)(F)F)c(C#N)nn1-c1ncc(C(F)(F)F)cc1Cl. The van der Waals surface area contributed by atoms with E-state index in [9.17, 15) is 31.1 Å². The lowest BCUT2D eigenvalue weighted by molar-refractivity contribution is -0.137. The van der Waals surface area contributed by atoms with Gasteiger partial charge in [-0.2, -0.15) is 41.4 Å². The van der Waals surface area contributed by atoms with E-state index in [1.165, 1.54) is 25.1 Å². The van der Waals surface area contributed by atoms with Crippen LogP contribution in [0.2, 0.25) is 5.02 Å². The molecule has 0 aliphatic rings.